The van der Waals surface area contributed by atoms with Crippen molar-refractivity contribution in [3.63, 3.8) is 0 Å². The maximum absolute atomic E-state index is 12.8. The number of nitrogens with one attached hydrogen (secondary N) is 1. The zero-order valence-electron chi connectivity index (χ0n) is 31.2. The number of carbonyl (C=O) groups is 1. The fourth-order valence-corrected chi connectivity index (χ4v) is 9.20. The van der Waals surface area contributed by atoms with Crippen molar-refractivity contribution in [2.75, 3.05) is 43.9 Å². The molecule has 52 heavy (non-hydrogen) atoms. The summed E-state index contributed by atoms with van der Waals surface area (Å²) in [6.45, 7) is 3.42. The molecule has 0 saturated heterocycles. The van der Waals surface area contributed by atoms with E-state index >= 15 is 0 Å². The maximum atomic E-state index is 12.8. The van der Waals surface area contributed by atoms with Crippen molar-refractivity contribution in [1.29, 1.82) is 0 Å². The van der Waals surface area contributed by atoms with Crippen LogP contribution in [0.5, 0.6) is 0 Å². The third kappa shape index (κ3) is 11.0. The molecule has 1 amide bonds. The Bertz CT molecular complexity index is 1720. The van der Waals surface area contributed by atoms with Crippen LogP contribution >= 0.6 is 23.4 Å². The average molecular weight is 739 g/mol. The molecule has 1 aliphatic heterocycles. The molecule has 4 aromatic carbocycles. The van der Waals surface area contributed by atoms with Crippen molar-refractivity contribution in [2.24, 2.45) is 5.92 Å². The van der Waals surface area contributed by atoms with E-state index in [1.807, 2.05) is 60.3 Å². The molecule has 0 atom stereocenters. The molecule has 4 aromatic rings. The van der Waals surface area contributed by atoms with E-state index in [0.29, 0.717) is 0 Å². The third-order valence-electron chi connectivity index (χ3n) is 10.9. The van der Waals surface area contributed by atoms with E-state index in [1.165, 1.54) is 98.5 Å². The third-order valence-corrected chi connectivity index (χ3v) is 12.3. The molecule has 1 heterocycles. The van der Waals surface area contributed by atoms with Gasteiger partial charge in [0.2, 0.25) is 0 Å². The number of fused-ring (bicyclic) bond motifs is 2. The monoisotopic (exact) mass is 738 g/mol. The second-order valence-corrected chi connectivity index (χ2v) is 16.9. The minimum Gasteiger partial charge on any atom is -0.446 e. The molecule has 5 nitrogen and oxygen atoms in total. The molecule has 0 spiro atoms. The van der Waals surface area contributed by atoms with Gasteiger partial charge < -0.3 is 14.1 Å². The Kier molecular flexibility index (Phi) is 14.0. The number of amides is 1. The van der Waals surface area contributed by atoms with Crippen LogP contribution in [0.1, 0.15) is 83.5 Å². The van der Waals surface area contributed by atoms with Crippen LogP contribution in [0.2, 0.25) is 5.02 Å². The molecule has 0 aromatic heterocycles. The molecule has 1 N–H and O–H groups in total. The molecule has 6 rings (SSSR count). The number of ether oxygens (including phenoxy) is 1. The number of hydrogen-bond donors (Lipinski definition) is 1. The van der Waals surface area contributed by atoms with E-state index in [0.717, 1.165) is 58.0 Å². The Morgan fingerprint density at radius 1 is 0.750 bits per heavy atom. The van der Waals surface area contributed by atoms with E-state index in [4.69, 9.17) is 16.3 Å². The molecule has 0 bridgehead atoms. The summed E-state index contributed by atoms with van der Waals surface area (Å²) in [7, 11) is 4.79. The summed E-state index contributed by atoms with van der Waals surface area (Å²) in [6.07, 6.45) is 15.8. The summed E-state index contributed by atoms with van der Waals surface area (Å²) in [5.41, 5.74) is 5.42. The van der Waals surface area contributed by atoms with Gasteiger partial charge in [0.1, 0.15) is 6.10 Å². The number of nitrogens with zero attached hydrogens (tertiary/aromatic N) is 2. The lowest BCUT2D eigenvalue weighted by molar-refractivity contribution is -0.890. The highest BCUT2D eigenvalue weighted by atomic mass is 35.5. The van der Waals surface area contributed by atoms with Gasteiger partial charge in [-0.05, 0) is 86.4 Å². The van der Waals surface area contributed by atoms with Crippen molar-refractivity contribution in [3.8, 4) is 11.1 Å². The van der Waals surface area contributed by atoms with Crippen LogP contribution in [0.4, 0.5) is 21.9 Å². The number of halogens is 1. The van der Waals surface area contributed by atoms with E-state index < -0.39 is 0 Å². The van der Waals surface area contributed by atoms with E-state index in [2.05, 4.69) is 72.8 Å². The van der Waals surface area contributed by atoms with Crippen molar-refractivity contribution >= 4 is 46.5 Å². The normalized spacial score (nSPS) is 16.9. The molecule has 1 fully saturated rings. The molecular formula is C45H57ClN3O2S+. The van der Waals surface area contributed by atoms with Gasteiger partial charge in [0.15, 0.2) is 0 Å². The number of hydrogen-bond acceptors (Lipinski definition) is 4. The van der Waals surface area contributed by atoms with Crippen LogP contribution in [0, 0.1) is 5.92 Å². The highest BCUT2D eigenvalue weighted by Gasteiger charge is 2.26. The van der Waals surface area contributed by atoms with Crippen LogP contribution in [0.25, 0.3) is 11.1 Å². The molecule has 7 heteroatoms. The smallest absolute Gasteiger partial charge is 0.411 e. The average Bonchev–Trinajstić information content (AvgIpc) is 3.15. The zero-order chi connectivity index (χ0) is 36.2. The molecule has 1 saturated carbocycles. The summed E-state index contributed by atoms with van der Waals surface area (Å²) in [4.78, 5) is 17.9. The first-order valence-electron chi connectivity index (χ1n) is 19.6. The number of rotatable bonds is 17. The van der Waals surface area contributed by atoms with Gasteiger partial charge in [-0.2, -0.15) is 0 Å². The minimum absolute atomic E-state index is 0.0206. The lowest BCUT2D eigenvalue weighted by Gasteiger charge is -2.35. The molecule has 2 aliphatic rings. The van der Waals surface area contributed by atoms with Crippen LogP contribution < -0.4 is 10.2 Å². The van der Waals surface area contributed by atoms with Gasteiger partial charge in [-0.1, -0.05) is 123 Å². The number of para-hydroxylation sites is 2. The Morgan fingerprint density at radius 2 is 1.40 bits per heavy atom. The SMILES string of the molecule is C[N+](C)(CCCCCCCCCC1CCC(OC(=O)Nc2ccccc2-c2ccccc2)CC1)CCCN1c2ccccc2Sc2ccc(Cl)cc21. The molecule has 276 valence electrons. The fourth-order valence-electron chi connectivity index (χ4n) is 7.96. The van der Waals surface area contributed by atoms with Gasteiger partial charge in [0, 0.05) is 33.3 Å². The van der Waals surface area contributed by atoms with Gasteiger partial charge in [-0.3, -0.25) is 5.32 Å². The first-order valence-corrected chi connectivity index (χ1v) is 20.8. The molecule has 1 aliphatic carbocycles. The summed E-state index contributed by atoms with van der Waals surface area (Å²) >= 11 is 8.27. The van der Waals surface area contributed by atoms with Crippen molar-refractivity contribution < 1.29 is 14.0 Å². The van der Waals surface area contributed by atoms with Gasteiger partial charge >= 0.3 is 6.09 Å². The first-order chi connectivity index (χ1) is 25.3. The van der Waals surface area contributed by atoms with Crippen LogP contribution in [0.15, 0.2) is 107 Å². The Balaban J connectivity index is 0.795. The largest absolute Gasteiger partial charge is 0.446 e. The Labute approximate surface area is 321 Å². The quantitative estimate of drug-likeness (QED) is 0.0865. The van der Waals surface area contributed by atoms with Crippen molar-refractivity contribution in [2.45, 2.75) is 99.4 Å². The molecule has 0 radical (unpaired) electrons. The number of anilines is 3. The lowest BCUT2D eigenvalue weighted by Crippen LogP contribution is -2.42. The van der Waals surface area contributed by atoms with Crippen LogP contribution in [-0.2, 0) is 4.74 Å². The Morgan fingerprint density at radius 3 is 2.21 bits per heavy atom. The van der Waals surface area contributed by atoms with Crippen LogP contribution in [0.3, 0.4) is 0 Å². The Hall–Kier alpha value is -3.45. The summed E-state index contributed by atoms with van der Waals surface area (Å²) in [6, 6.07) is 33.1. The standard InChI is InChI=1S/C45H56ClN3O2S/c1-49(2,33-17-31-48-41-23-14-15-24-43(41)52-44-30-27-37(46)34-42(44)48)32-16-7-5-3-4-6-9-18-35-25-28-38(29-26-35)51-45(50)47-40-22-13-12-21-39(40)36-19-10-8-11-20-36/h8,10-15,19-24,27,30,34-35,38H,3-7,9,16-18,25-26,28-29,31-33H2,1-2H3/p+1. The van der Waals surface area contributed by atoms with Gasteiger partial charge in [-0.15, -0.1) is 0 Å². The highest BCUT2D eigenvalue weighted by Crippen LogP contribution is 2.48. The summed E-state index contributed by atoms with van der Waals surface area (Å²) < 4.78 is 6.93. The minimum atomic E-state index is -0.342. The van der Waals surface area contributed by atoms with Crippen LogP contribution in [-0.4, -0.2) is 50.4 Å². The highest BCUT2D eigenvalue weighted by molar-refractivity contribution is 7.99. The van der Waals surface area contributed by atoms with E-state index in [9.17, 15) is 4.79 Å². The topological polar surface area (TPSA) is 41.6 Å². The summed E-state index contributed by atoms with van der Waals surface area (Å²) in [5.74, 6) is 0.776. The number of benzene rings is 4. The predicted octanol–water partition coefficient (Wildman–Crippen LogP) is 13.0. The summed E-state index contributed by atoms with van der Waals surface area (Å²) in [5, 5.41) is 3.80. The number of quaternary nitrogens is 1. The first kappa shape index (κ1) is 38.3. The molecular weight excluding hydrogens is 682 g/mol. The maximum Gasteiger partial charge on any atom is 0.411 e. The van der Waals surface area contributed by atoms with Gasteiger partial charge in [0.25, 0.3) is 0 Å². The number of unbranched alkanes of at least 4 members (excludes halogenated alkanes) is 6. The second-order valence-electron chi connectivity index (χ2n) is 15.4. The van der Waals surface area contributed by atoms with Crippen molar-refractivity contribution in [1.82, 2.24) is 0 Å². The molecule has 0 unspecified atom stereocenters. The second kappa shape index (κ2) is 19.0. The lowest BCUT2D eigenvalue weighted by atomic mass is 9.84. The van der Waals surface area contributed by atoms with Gasteiger partial charge in [0.05, 0.1) is 44.2 Å². The van der Waals surface area contributed by atoms with E-state index in [1.54, 1.807) is 0 Å². The predicted molar refractivity (Wildman–Crippen MR) is 220 cm³/mol. The fraction of sp³-hybridized carbons (Fsp3) is 0.444. The van der Waals surface area contributed by atoms with Gasteiger partial charge in [-0.25, -0.2) is 4.79 Å². The zero-order valence-corrected chi connectivity index (χ0v) is 32.8. The van der Waals surface area contributed by atoms with Crippen molar-refractivity contribution in [3.05, 3.63) is 102 Å². The number of carbonyl (C=O) groups excluding carboxylic acids is 1. The van der Waals surface area contributed by atoms with E-state index in [-0.39, 0.29) is 12.2 Å².